The Kier molecular flexibility index (Phi) is 2.28. The Morgan fingerprint density at radius 1 is 1.38 bits per heavy atom. The maximum absolute atomic E-state index is 12.9. The predicted molar refractivity (Wildman–Crippen MR) is 54.8 cm³/mol. The number of nitrogens with zero attached hydrogens (tertiary/aromatic N) is 2. The van der Waals surface area contributed by atoms with Crippen LogP contribution < -0.4 is 17.0 Å². The van der Waals surface area contributed by atoms with Gasteiger partial charge in [0.25, 0.3) is 5.56 Å². The van der Waals surface area contributed by atoms with Gasteiger partial charge < -0.3 is 5.73 Å². The van der Waals surface area contributed by atoms with Gasteiger partial charge in [-0.15, -0.1) is 0 Å². The molecule has 6 nitrogen and oxygen atoms in total. The fraction of sp³-hybridized carbons (Fsp3) is 0. The van der Waals surface area contributed by atoms with Crippen molar-refractivity contribution in [2.24, 2.45) is 0 Å². The van der Waals surface area contributed by atoms with Crippen LogP contribution in [0.3, 0.4) is 0 Å². The Morgan fingerprint density at radius 2 is 2.12 bits per heavy atom. The van der Waals surface area contributed by atoms with Crippen LogP contribution >= 0.6 is 0 Å². The summed E-state index contributed by atoms with van der Waals surface area (Å²) in [5, 5.41) is 3.60. The molecule has 0 spiro atoms. The summed E-state index contributed by atoms with van der Waals surface area (Å²) >= 11 is 0. The highest BCUT2D eigenvalue weighted by Gasteiger charge is 2.04. The van der Waals surface area contributed by atoms with Crippen LogP contribution in [-0.2, 0) is 0 Å². The van der Waals surface area contributed by atoms with Gasteiger partial charge >= 0.3 is 5.69 Å². The van der Waals surface area contributed by atoms with Crippen LogP contribution in [0.2, 0.25) is 0 Å². The number of nitrogen functional groups attached to an aromatic ring is 1. The van der Waals surface area contributed by atoms with Crippen molar-refractivity contribution in [3.8, 4) is 5.69 Å². The number of hydrogen-bond donors (Lipinski definition) is 2. The fourth-order valence-corrected chi connectivity index (χ4v) is 1.20. The third kappa shape index (κ3) is 1.70. The van der Waals surface area contributed by atoms with E-state index in [1.54, 1.807) is 0 Å². The van der Waals surface area contributed by atoms with Crippen LogP contribution in [0.5, 0.6) is 0 Å². The second kappa shape index (κ2) is 3.61. The molecule has 16 heavy (non-hydrogen) atoms. The number of hydrogen-bond acceptors (Lipinski definition) is 4. The van der Waals surface area contributed by atoms with Crippen LogP contribution in [0.15, 0.2) is 34.0 Å². The normalized spacial score (nSPS) is 10.3. The molecule has 0 fully saturated rings. The minimum Gasteiger partial charge on any atom is -0.396 e. The van der Waals surface area contributed by atoms with Crippen LogP contribution in [0.1, 0.15) is 0 Å². The molecule has 0 unspecified atom stereocenters. The predicted octanol–water partition coefficient (Wildman–Crippen LogP) is -0.358. The molecule has 2 rings (SSSR count). The number of halogens is 1. The monoisotopic (exact) mass is 222 g/mol. The van der Waals surface area contributed by atoms with E-state index in [0.717, 1.165) is 16.9 Å². The van der Waals surface area contributed by atoms with Crippen molar-refractivity contribution < 1.29 is 4.39 Å². The van der Waals surface area contributed by atoms with Gasteiger partial charge in [0, 0.05) is 0 Å². The minimum absolute atomic E-state index is 0.0996. The van der Waals surface area contributed by atoms with Gasteiger partial charge in [0.05, 0.1) is 11.4 Å². The lowest BCUT2D eigenvalue weighted by Gasteiger charge is -2.03. The zero-order valence-electron chi connectivity index (χ0n) is 7.98. The average Bonchev–Trinajstić information content (AvgIpc) is 2.22. The summed E-state index contributed by atoms with van der Waals surface area (Å²) < 4.78 is 13.8. The van der Waals surface area contributed by atoms with Crippen molar-refractivity contribution in [1.29, 1.82) is 0 Å². The van der Waals surface area contributed by atoms with Crippen molar-refractivity contribution in [2.75, 3.05) is 5.73 Å². The second-order valence-electron chi connectivity index (χ2n) is 3.06. The van der Waals surface area contributed by atoms with E-state index in [4.69, 9.17) is 5.73 Å². The number of benzene rings is 1. The molecule has 1 aromatic carbocycles. The fourth-order valence-electron chi connectivity index (χ4n) is 1.20. The molecule has 3 N–H and O–H groups in total. The maximum Gasteiger partial charge on any atom is 0.349 e. The standard InChI is InChI=1S/C9H7FN4O2/c10-6-2-1-5(3-7(6)11)14-9(16)13-8(15)4-12-14/h1-4H,11H2,(H,13,15,16). The number of anilines is 1. The molecule has 82 valence electrons. The Hall–Kier alpha value is -2.44. The molecular weight excluding hydrogens is 215 g/mol. The Balaban J connectivity index is 2.63. The van der Waals surface area contributed by atoms with Gasteiger partial charge in [0.2, 0.25) is 0 Å². The SMILES string of the molecule is Nc1cc(-n2ncc(=O)[nH]c2=O)ccc1F. The first-order valence-electron chi connectivity index (χ1n) is 4.32. The van der Waals surface area contributed by atoms with E-state index in [-0.39, 0.29) is 11.4 Å². The molecular formula is C9H7FN4O2. The smallest absolute Gasteiger partial charge is 0.349 e. The maximum atomic E-state index is 12.9. The Morgan fingerprint density at radius 3 is 2.75 bits per heavy atom. The van der Waals surface area contributed by atoms with Gasteiger partial charge in [-0.3, -0.25) is 9.78 Å². The minimum atomic E-state index is -0.710. The largest absolute Gasteiger partial charge is 0.396 e. The molecule has 0 amide bonds. The van der Waals surface area contributed by atoms with E-state index in [9.17, 15) is 14.0 Å². The summed E-state index contributed by atoms with van der Waals surface area (Å²) in [6.07, 6.45) is 0.945. The van der Waals surface area contributed by atoms with Crippen molar-refractivity contribution in [3.63, 3.8) is 0 Å². The second-order valence-corrected chi connectivity index (χ2v) is 3.06. The van der Waals surface area contributed by atoms with Gasteiger partial charge in [0.1, 0.15) is 12.0 Å². The van der Waals surface area contributed by atoms with Gasteiger partial charge in [-0.1, -0.05) is 0 Å². The molecule has 0 saturated heterocycles. The summed E-state index contributed by atoms with van der Waals surface area (Å²) in [7, 11) is 0. The van der Waals surface area contributed by atoms with Crippen molar-refractivity contribution in [1.82, 2.24) is 14.8 Å². The van der Waals surface area contributed by atoms with Crippen molar-refractivity contribution in [3.05, 3.63) is 51.1 Å². The summed E-state index contributed by atoms with van der Waals surface area (Å²) in [5.74, 6) is -0.582. The summed E-state index contributed by atoms with van der Waals surface area (Å²) in [6, 6.07) is 3.70. The number of aromatic nitrogens is 3. The van der Waals surface area contributed by atoms with Gasteiger partial charge in [-0.25, -0.2) is 9.18 Å². The molecule has 1 aromatic heterocycles. The molecule has 0 radical (unpaired) electrons. The number of H-pyrrole nitrogens is 1. The quantitative estimate of drug-likeness (QED) is 0.644. The highest BCUT2D eigenvalue weighted by atomic mass is 19.1. The molecule has 0 saturated carbocycles. The lowest BCUT2D eigenvalue weighted by atomic mass is 10.3. The number of aromatic amines is 1. The molecule has 7 heteroatoms. The molecule has 0 bridgehead atoms. The highest BCUT2D eigenvalue weighted by Crippen LogP contribution is 2.13. The van der Waals surface area contributed by atoms with E-state index >= 15 is 0 Å². The molecule has 1 heterocycles. The molecule has 0 aliphatic rings. The van der Waals surface area contributed by atoms with Crippen LogP contribution in [-0.4, -0.2) is 14.8 Å². The Labute approximate surface area is 88.2 Å². The zero-order valence-corrected chi connectivity index (χ0v) is 7.98. The van der Waals surface area contributed by atoms with Crippen LogP contribution in [0.25, 0.3) is 5.69 Å². The van der Waals surface area contributed by atoms with E-state index in [1.807, 2.05) is 4.98 Å². The average molecular weight is 222 g/mol. The van der Waals surface area contributed by atoms with Crippen molar-refractivity contribution >= 4 is 5.69 Å². The topological polar surface area (TPSA) is 93.8 Å². The van der Waals surface area contributed by atoms with Gasteiger partial charge in [0.15, 0.2) is 0 Å². The number of rotatable bonds is 1. The summed E-state index contributed by atoms with van der Waals surface area (Å²) in [6.45, 7) is 0. The van der Waals surface area contributed by atoms with Crippen LogP contribution in [0.4, 0.5) is 10.1 Å². The summed E-state index contributed by atoms with van der Waals surface area (Å²) in [4.78, 5) is 24.2. The van der Waals surface area contributed by atoms with E-state index < -0.39 is 17.1 Å². The number of nitrogens with one attached hydrogen (secondary N) is 1. The third-order valence-electron chi connectivity index (χ3n) is 1.94. The summed E-state index contributed by atoms with van der Waals surface area (Å²) in [5.41, 5.74) is 4.22. The third-order valence-corrected chi connectivity index (χ3v) is 1.94. The van der Waals surface area contributed by atoms with Crippen molar-refractivity contribution in [2.45, 2.75) is 0 Å². The van der Waals surface area contributed by atoms with Gasteiger partial charge in [-0.2, -0.15) is 9.78 Å². The Bertz CT molecular complexity index is 646. The first kappa shape index (κ1) is 10.1. The molecule has 0 atom stereocenters. The lowest BCUT2D eigenvalue weighted by molar-refractivity contribution is 0.631. The molecule has 2 aromatic rings. The zero-order chi connectivity index (χ0) is 11.7. The van der Waals surface area contributed by atoms with E-state index in [2.05, 4.69) is 5.10 Å². The molecule has 0 aliphatic carbocycles. The van der Waals surface area contributed by atoms with E-state index in [1.165, 1.54) is 12.1 Å². The first-order chi connectivity index (χ1) is 7.58. The molecule has 0 aliphatic heterocycles. The van der Waals surface area contributed by atoms with E-state index in [0.29, 0.717) is 0 Å². The van der Waals surface area contributed by atoms with Crippen LogP contribution in [0, 0.1) is 5.82 Å². The highest BCUT2D eigenvalue weighted by molar-refractivity contribution is 5.48. The lowest BCUT2D eigenvalue weighted by Crippen LogP contribution is -2.30. The first-order valence-corrected chi connectivity index (χ1v) is 4.32. The van der Waals surface area contributed by atoms with Gasteiger partial charge in [-0.05, 0) is 18.2 Å². The number of nitrogens with two attached hydrogens (primary N) is 1.